The molecule has 0 unspecified atom stereocenters. The second-order valence-electron chi connectivity index (χ2n) is 18.5. The van der Waals surface area contributed by atoms with Crippen molar-refractivity contribution in [3.8, 4) is 0 Å². The zero-order valence-electron chi connectivity index (χ0n) is 30.0. The molecule has 2 aliphatic heterocycles. The van der Waals surface area contributed by atoms with Gasteiger partial charge in [-0.1, -0.05) is 58.0 Å². The summed E-state index contributed by atoms with van der Waals surface area (Å²) in [6.07, 6.45) is 11.4. The molecule has 2 saturated heterocycles. The minimum Gasteiger partial charge on any atom is -0.462 e. The van der Waals surface area contributed by atoms with Crippen molar-refractivity contribution in [2.45, 2.75) is 143 Å². The van der Waals surface area contributed by atoms with E-state index in [1.54, 1.807) is 13.0 Å². The summed E-state index contributed by atoms with van der Waals surface area (Å²) in [7, 11) is 0. The number of rotatable bonds is 6. The summed E-state index contributed by atoms with van der Waals surface area (Å²) in [4.78, 5) is 26.0. The van der Waals surface area contributed by atoms with Crippen LogP contribution in [0.25, 0.3) is 6.08 Å². The van der Waals surface area contributed by atoms with Gasteiger partial charge in [-0.3, -0.25) is 4.79 Å². The van der Waals surface area contributed by atoms with Crippen molar-refractivity contribution in [1.29, 1.82) is 0 Å². The number of ether oxygens (including phenoxy) is 4. The zero-order chi connectivity index (χ0) is 34.1. The topological polar surface area (TPSA) is 94.6 Å². The highest BCUT2D eigenvalue weighted by atomic mass is 16.7. The summed E-state index contributed by atoms with van der Waals surface area (Å²) < 4.78 is 24.9. The first-order valence-corrected chi connectivity index (χ1v) is 18.7. The number of epoxide rings is 1. The maximum absolute atomic E-state index is 13.1. The van der Waals surface area contributed by atoms with Crippen molar-refractivity contribution in [2.75, 3.05) is 0 Å². The number of hydrogen-bond acceptors (Lipinski definition) is 7. The SMILES string of the molecule is CC(=O)O[C@@H]1C[C@H]2C(C)(C)[C@H](OC(=O)C=Cc3ccccc3)CC[C@]2(C)[C@H]2CC[C@]34C[C@]3(CC[C@H]4[C@H]3C[C@@H]([C@H]4OC4(C)C)O[C@@H]3O)[C@@]21C. The smallest absolute Gasteiger partial charge is 0.331 e. The minimum atomic E-state index is -0.741. The molecule has 2 heterocycles. The predicted octanol–water partition coefficient (Wildman–Crippen LogP) is 7.49. The van der Waals surface area contributed by atoms with Crippen molar-refractivity contribution < 1.29 is 33.6 Å². The second-order valence-corrected chi connectivity index (χ2v) is 18.5. The molecule has 0 amide bonds. The number of benzene rings is 1. The molecule has 1 aromatic rings. The molecule has 7 fully saturated rings. The van der Waals surface area contributed by atoms with Crippen molar-refractivity contribution >= 4 is 18.0 Å². The summed E-state index contributed by atoms with van der Waals surface area (Å²) >= 11 is 0. The van der Waals surface area contributed by atoms with E-state index in [-0.39, 0.29) is 80.9 Å². The largest absolute Gasteiger partial charge is 0.462 e. The van der Waals surface area contributed by atoms with Crippen molar-refractivity contribution in [1.82, 2.24) is 0 Å². The van der Waals surface area contributed by atoms with Gasteiger partial charge in [0.1, 0.15) is 18.3 Å². The van der Waals surface area contributed by atoms with Gasteiger partial charge in [0.15, 0.2) is 6.29 Å². The number of esters is 2. The minimum absolute atomic E-state index is 0.0369. The van der Waals surface area contributed by atoms with Crippen LogP contribution >= 0.6 is 0 Å². The summed E-state index contributed by atoms with van der Waals surface area (Å²) in [5, 5.41) is 11.3. The molecule has 5 aliphatic carbocycles. The summed E-state index contributed by atoms with van der Waals surface area (Å²) in [5.74, 6) is 0.670. The molecule has 7 heteroatoms. The summed E-state index contributed by atoms with van der Waals surface area (Å²) in [5.41, 5.74) is 0.670. The third-order valence-corrected chi connectivity index (χ3v) is 15.9. The Balaban J connectivity index is 1.06. The normalized spacial score (nSPS) is 49.3. The van der Waals surface area contributed by atoms with E-state index in [1.807, 2.05) is 36.4 Å². The van der Waals surface area contributed by atoms with Gasteiger partial charge in [0.25, 0.3) is 0 Å². The molecule has 7 nitrogen and oxygen atoms in total. The first-order valence-electron chi connectivity index (χ1n) is 18.7. The molecule has 13 atom stereocenters. The molecule has 0 aromatic heterocycles. The lowest BCUT2D eigenvalue weighted by Gasteiger charge is -2.68. The maximum Gasteiger partial charge on any atom is 0.331 e. The molecule has 1 N–H and O–H groups in total. The van der Waals surface area contributed by atoms with Crippen LogP contribution in [0.4, 0.5) is 0 Å². The molecule has 0 spiro atoms. The lowest BCUT2D eigenvalue weighted by Crippen LogP contribution is -2.67. The maximum atomic E-state index is 13.1. The average Bonchev–Trinajstić information content (AvgIpc) is 3.78. The molecule has 8 rings (SSSR count). The first-order chi connectivity index (χ1) is 22.6. The number of carbonyl (C=O) groups excluding carboxylic acids is 2. The van der Waals surface area contributed by atoms with Crippen molar-refractivity contribution in [3.05, 3.63) is 42.0 Å². The third kappa shape index (κ3) is 4.48. The number of fused-ring (bicyclic) bond motifs is 3. The van der Waals surface area contributed by atoms with Crippen LogP contribution in [0.5, 0.6) is 0 Å². The van der Waals surface area contributed by atoms with Crippen LogP contribution in [0.3, 0.4) is 0 Å². The average molecular weight is 661 g/mol. The third-order valence-electron chi connectivity index (χ3n) is 15.9. The van der Waals surface area contributed by atoms with Crippen molar-refractivity contribution in [2.24, 2.45) is 50.7 Å². The lowest BCUT2D eigenvalue weighted by atomic mass is 9.37. The van der Waals surface area contributed by atoms with Gasteiger partial charge >= 0.3 is 11.9 Å². The Kier molecular flexibility index (Phi) is 7.31. The Morgan fingerprint density at radius 1 is 0.896 bits per heavy atom. The summed E-state index contributed by atoms with van der Waals surface area (Å²) in [6.45, 7) is 15.3. The zero-order valence-corrected chi connectivity index (χ0v) is 30.0. The molecule has 5 saturated carbocycles. The van der Waals surface area contributed by atoms with E-state index in [0.29, 0.717) is 11.8 Å². The number of carbonyl (C=O) groups is 2. The quantitative estimate of drug-likeness (QED) is 0.192. The second kappa shape index (κ2) is 10.6. The van der Waals surface area contributed by atoms with Gasteiger partial charge in [0.2, 0.25) is 0 Å². The Morgan fingerprint density at radius 2 is 1.62 bits per heavy atom. The number of aliphatic hydroxyl groups is 1. The molecule has 0 radical (unpaired) electrons. The molecular formula is C41H56O7. The molecular weight excluding hydrogens is 604 g/mol. The van der Waals surface area contributed by atoms with E-state index in [1.165, 1.54) is 0 Å². The van der Waals surface area contributed by atoms with E-state index in [9.17, 15) is 14.7 Å². The monoisotopic (exact) mass is 660 g/mol. The van der Waals surface area contributed by atoms with Gasteiger partial charge in [-0.2, -0.15) is 0 Å². The standard InChI is InChI=1S/C41H56O7/c1-24(42)45-32-22-30-36(2,3)31(47-33(43)14-13-25-11-9-8-10-12-25)17-18-38(30,6)29-16-19-40-23-41(40,39(29,32)7)20-15-27(40)26-21-28(46-35(26)44)34-37(4,5)48-34/h8-14,26-32,34-35,44H,15-23H2,1-7H3/t26-,27+,28+,29-,30+,31-,32-,34-,35+,38-,39+,40-,41-/m1/s1. The van der Waals surface area contributed by atoms with E-state index in [2.05, 4.69) is 41.5 Å². The molecule has 0 bridgehead atoms. The Labute approximate surface area is 286 Å². The number of hydrogen-bond donors (Lipinski definition) is 1. The van der Waals surface area contributed by atoms with Gasteiger partial charge < -0.3 is 24.1 Å². The number of aliphatic hydroxyl groups excluding tert-OH is 1. The van der Waals surface area contributed by atoms with Crippen LogP contribution in [0.1, 0.15) is 112 Å². The van der Waals surface area contributed by atoms with E-state index in [0.717, 1.165) is 63.4 Å². The van der Waals surface area contributed by atoms with Gasteiger partial charge in [-0.05, 0) is 117 Å². The highest BCUT2D eigenvalue weighted by Gasteiger charge is 2.86. The molecule has 48 heavy (non-hydrogen) atoms. The van der Waals surface area contributed by atoms with Gasteiger partial charge in [-0.25, -0.2) is 4.79 Å². The first kappa shape index (κ1) is 33.0. The molecule has 7 aliphatic rings. The predicted molar refractivity (Wildman–Crippen MR) is 181 cm³/mol. The van der Waals surface area contributed by atoms with Gasteiger partial charge in [0, 0.05) is 29.7 Å². The lowest BCUT2D eigenvalue weighted by molar-refractivity contribution is -0.251. The summed E-state index contributed by atoms with van der Waals surface area (Å²) in [6, 6.07) is 9.83. The van der Waals surface area contributed by atoms with Crippen LogP contribution in [-0.2, 0) is 28.5 Å². The van der Waals surface area contributed by atoms with Gasteiger partial charge in [-0.15, -0.1) is 0 Å². The molecule has 1 aromatic carbocycles. The van der Waals surface area contributed by atoms with Crippen LogP contribution in [0.2, 0.25) is 0 Å². The van der Waals surface area contributed by atoms with Gasteiger partial charge in [0.05, 0.1) is 11.7 Å². The fourth-order valence-corrected chi connectivity index (χ4v) is 13.8. The fourth-order valence-electron chi connectivity index (χ4n) is 13.8. The van der Waals surface area contributed by atoms with Crippen LogP contribution < -0.4 is 0 Å². The van der Waals surface area contributed by atoms with E-state index in [4.69, 9.17) is 18.9 Å². The van der Waals surface area contributed by atoms with Crippen LogP contribution in [0, 0.1) is 50.7 Å². The Hall–Kier alpha value is -2.22. The highest BCUT2D eigenvalue weighted by molar-refractivity contribution is 5.87. The van der Waals surface area contributed by atoms with Crippen LogP contribution in [-0.4, -0.2) is 53.4 Å². The molecule has 262 valence electrons. The Morgan fingerprint density at radius 3 is 2.31 bits per heavy atom. The van der Waals surface area contributed by atoms with Crippen LogP contribution in [0.15, 0.2) is 36.4 Å². The Bertz CT molecular complexity index is 1500. The highest BCUT2D eigenvalue weighted by Crippen LogP contribution is 2.91. The fraction of sp³-hybridized carbons (Fsp3) is 0.756. The van der Waals surface area contributed by atoms with E-state index >= 15 is 0 Å². The van der Waals surface area contributed by atoms with E-state index < -0.39 is 6.29 Å². The van der Waals surface area contributed by atoms with Crippen molar-refractivity contribution in [3.63, 3.8) is 0 Å².